The Kier molecular flexibility index (Phi) is 4.84. The number of carbonyl (C=O) groups excluding carboxylic acids is 4. The van der Waals surface area contributed by atoms with E-state index in [1.54, 1.807) is 18.3 Å². The zero-order valence-corrected chi connectivity index (χ0v) is 15.8. The van der Waals surface area contributed by atoms with Gasteiger partial charge in [0.1, 0.15) is 12.1 Å². The van der Waals surface area contributed by atoms with Crippen LogP contribution in [0.15, 0.2) is 18.3 Å². The molecular weight excluding hydrogens is 350 g/mol. The van der Waals surface area contributed by atoms with Crippen LogP contribution in [0.1, 0.15) is 50.5 Å². The molecule has 1 spiro atoms. The van der Waals surface area contributed by atoms with Crippen molar-refractivity contribution in [2.45, 2.75) is 45.6 Å². The van der Waals surface area contributed by atoms with Gasteiger partial charge in [-0.15, -0.1) is 0 Å². The van der Waals surface area contributed by atoms with E-state index in [-0.39, 0.29) is 23.0 Å². The van der Waals surface area contributed by atoms with Gasteiger partial charge in [-0.3, -0.25) is 19.3 Å². The lowest BCUT2D eigenvalue weighted by atomic mass is 9.64. The topological polar surface area (TPSA) is 109 Å². The van der Waals surface area contributed by atoms with Crippen molar-refractivity contribution in [2.75, 3.05) is 13.2 Å². The van der Waals surface area contributed by atoms with Gasteiger partial charge in [-0.25, -0.2) is 4.79 Å². The number of esters is 1. The summed E-state index contributed by atoms with van der Waals surface area (Å²) in [4.78, 5) is 52.9. The van der Waals surface area contributed by atoms with Gasteiger partial charge in [0.15, 0.2) is 6.61 Å². The van der Waals surface area contributed by atoms with Crippen LogP contribution < -0.4 is 5.32 Å². The summed E-state index contributed by atoms with van der Waals surface area (Å²) in [7, 11) is 0. The van der Waals surface area contributed by atoms with Gasteiger partial charge < -0.3 is 15.0 Å². The second-order valence-electron chi connectivity index (χ2n) is 8.43. The number of hydrogen-bond acceptors (Lipinski definition) is 5. The summed E-state index contributed by atoms with van der Waals surface area (Å²) >= 11 is 0. The molecule has 3 rings (SSSR count). The Labute approximate surface area is 157 Å². The highest BCUT2D eigenvalue weighted by Gasteiger charge is 2.56. The Morgan fingerprint density at radius 1 is 1.30 bits per heavy atom. The first kappa shape index (κ1) is 19.1. The van der Waals surface area contributed by atoms with E-state index < -0.39 is 30.7 Å². The van der Waals surface area contributed by atoms with E-state index in [9.17, 15) is 19.2 Å². The fourth-order valence-corrected chi connectivity index (χ4v) is 4.55. The van der Waals surface area contributed by atoms with E-state index in [0.29, 0.717) is 18.5 Å². The van der Waals surface area contributed by atoms with Gasteiger partial charge >= 0.3 is 12.0 Å². The van der Waals surface area contributed by atoms with E-state index in [1.807, 2.05) is 0 Å². The predicted molar refractivity (Wildman–Crippen MR) is 95.9 cm³/mol. The molecule has 8 nitrogen and oxygen atoms in total. The van der Waals surface area contributed by atoms with E-state index >= 15 is 0 Å². The molecule has 0 aromatic carbocycles. The lowest BCUT2D eigenvalue weighted by molar-refractivity contribution is -0.147. The zero-order chi connectivity index (χ0) is 19.8. The summed E-state index contributed by atoms with van der Waals surface area (Å²) in [5.41, 5.74) is -0.715. The lowest BCUT2D eigenvalue weighted by Crippen LogP contribution is -2.54. The Bertz CT molecular complexity index is 770. The van der Waals surface area contributed by atoms with Gasteiger partial charge in [-0.1, -0.05) is 20.8 Å². The minimum absolute atomic E-state index is 0.0837. The summed E-state index contributed by atoms with van der Waals surface area (Å²) in [5.74, 6) is -1.29. The number of H-pyrrole nitrogens is 1. The molecule has 3 amide bonds. The molecule has 1 saturated heterocycles. The number of carbonyl (C=O) groups is 4. The third kappa shape index (κ3) is 3.89. The molecular formula is C19H25N3O5. The first-order valence-electron chi connectivity index (χ1n) is 9.08. The first-order chi connectivity index (χ1) is 12.6. The summed E-state index contributed by atoms with van der Waals surface area (Å²) in [6.45, 7) is 5.27. The quantitative estimate of drug-likeness (QED) is 0.464. The van der Waals surface area contributed by atoms with Crippen LogP contribution in [0.25, 0.3) is 0 Å². The van der Waals surface area contributed by atoms with E-state index in [4.69, 9.17) is 4.74 Å². The minimum Gasteiger partial charge on any atom is -0.456 e. The minimum atomic E-state index is -0.960. The van der Waals surface area contributed by atoms with Crippen molar-refractivity contribution < 1.29 is 23.9 Å². The molecule has 146 valence electrons. The first-order valence-corrected chi connectivity index (χ1v) is 9.08. The normalized spacial score (nSPS) is 26.9. The number of amides is 3. The largest absolute Gasteiger partial charge is 0.456 e. The number of Topliss-reactive ketones (excluding diaryl/α,β-unsaturated/α-hetero) is 1. The fourth-order valence-electron chi connectivity index (χ4n) is 4.55. The highest BCUT2D eigenvalue weighted by molar-refractivity contribution is 6.09. The Hall–Kier alpha value is -2.64. The molecule has 1 aromatic heterocycles. The molecule has 2 aliphatic rings. The van der Waals surface area contributed by atoms with E-state index in [1.165, 1.54) is 0 Å². The molecule has 1 aliphatic carbocycles. The van der Waals surface area contributed by atoms with Gasteiger partial charge in [-0.2, -0.15) is 0 Å². The lowest BCUT2D eigenvalue weighted by Gasteiger charge is -2.43. The second-order valence-corrected chi connectivity index (χ2v) is 8.43. The van der Waals surface area contributed by atoms with Gasteiger partial charge in [-0.05, 0) is 42.7 Å². The standard InChI is InChI=1S/C19H25N3O5/c1-12-7-18(2,3)11-19(8-12)16(25)22(17(26)21-19)9-15(24)27-10-14(23)13-5-4-6-20-13/h4-6,12,20H,7-11H2,1-3H3,(H,21,26)/t12-,19-/m1/s1. The summed E-state index contributed by atoms with van der Waals surface area (Å²) in [6.07, 6.45) is 3.65. The third-order valence-electron chi connectivity index (χ3n) is 5.17. The SMILES string of the molecule is C[C@@H]1CC(C)(C)C[C@@]2(C1)NC(=O)N(CC(=O)OCC(=O)c1ccc[nH]1)C2=O. The van der Waals surface area contributed by atoms with Crippen LogP contribution in [0.2, 0.25) is 0 Å². The maximum Gasteiger partial charge on any atom is 0.326 e. The van der Waals surface area contributed by atoms with Crippen molar-refractivity contribution in [3.63, 3.8) is 0 Å². The van der Waals surface area contributed by atoms with Crippen LogP contribution in [0.4, 0.5) is 4.79 Å². The summed E-state index contributed by atoms with van der Waals surface area (Å²) < 4.78 is 4.94. The van der Waals surface area contributed by atoms with Crippen molar-refractivity contribution in [1.29, 1.82) is 0 Å². The van der Waals surface area contributed by atoms with Gasteiger partial charge in [0.25, 0.3) is 5.91 Å². The van der Waals surface area contributed by atoms with Crippen molar-refractivity contribution >= 4 is 23.7 Å². The number of urea groups is 1. The predicted octanol–water partition coefficient (Wildman–Crippen LogP) is 1.88. The number of imide groups is 1. The average molecular weight is 375 g/mol. The Morgan fingerprint density at radius 2 is 2.04 bits per heavy atom. The molecule has 1 saturated carbocycles. The highest BCUT2D eigenvalue weighted by atomic mass is 16.5. The molecule has 8 heteroatoms. The number of rotatable bonds is 5. The number of aromatic nitrogens is 1. The molecule has 2 N–H and O–H groups in total. The smallest absolute Gasteiger partial charge is 0.326 e. The van der Waals surface area contributed by atoms with Crippen LogP contribution >= 0.6 is 0 Å². The summed E-state index contributed by atoms with van der Waals surface area (Å²) in [5, 5.41) is 2.81. The summed E-state index contributed by atoms with van der Waals surface area (Å²) in [6, 6.07) is 2.65. The maximum atomic E-state index is 12.9. The Balaban J connectivity index is 1.62. The van der Waals surface area contributed by atoms with E-state index in [2.05, 4.69) is 31.1 Å². The fraction of sp³-hybridized carbons (Fsp3) is 0.579. The molecule has 0 unspecified atom stereocenters. The number of ether oxygens (including phenoxy) is 1. The number of nitrogens with one attached hydrogen (secondary N) is 2. The number of aromatic amines is 1. The van der Waals surface area contributed by atoms with Gasteiger partial charge in [0, 0.05) is 6.20 Å². The number of ketones is 1. The van der Waals surface area contributed by atoms with Gasteiger partial charge in [0.05, 0.1) is 5.69 Å². The second kappa shape index (κ2) is 6.83. The highest BCUT2D eigenvalue weighted by Crippen LogP contribution is 2.46. The molecule has 2 fully saturated rings. The molecule has 0 bridgehead atoms. The molecule has 27 heavy (non-hydrogen) atoms. The van der Waals surface area contributed by atoms with Crippen LogP contribution in [0.3, 0.4) is 0 Å². The van der Waals surface area contributed by atoms with E-state index in [0.717, 1.165) is 11.3 Å². The molecule has 1 aromatic rings. The average Bonchev–Trinajstić information content (AvgIpc) is 3.15. The van der Waals surface area contributed by atoms with Crippen molar-refractivity contribution in [1.82, 2.24) is 15.2 Å². The van der Waals surface area contributed by atoms with Crippen LogP contribution in [-0.2, 0) is 14.3 Å². The van der Waals surface area contributed by atoms with Crippen LogP contribution in [-0.4, -0.2) is 52.3 Å². The maximum absolute atomic E-state index is 12.9. The zero-order valence-electron chi connectivity index (χ0n) is 15.8. The molecule has 2 heterocycles. The van der Waals surface area contributed by atoms with Crippen molar-refractivity contribution in [3.05, 3.63) is 24.0 Å². The number of hydrogen-bond donors (Lipinski definition) is 2. The number of nitrogens with zero attached hydrogens (tertiary/aromatic N) is 1. The van der Waals surface area contributed by atoms with Gasteiger partial charge in [0.2, 0.25) is 5.78 Å². The molecule has 1 aliphatic heterocycles. The van der Waals surface area contributed by atoms with Crippen LogP contribution in [0.5, 0.6) is 0 Å². The third-order valence-corrected chi connectivity index (χ3v) is 5.17. The monoisotopic (exact) mass is 375 g/mol. The Morgan fingerprint density at radius 3 is 2.67 bits per heavy atom. The molecule has 2 atom stereocenters. The van der Waals surface area contributed by atoms with Crippen LogP contribution in [0, 0.1) is 11.3 Å². The van der Waals surface area contributed by atoms with Crippen molar-refractivity contribution in [3.8, 4) is 0 Å². The van der Waals surface area contributed by atoms with Crippen molar-refractivity contribution in [2.24, 2.45) is 11.3 Å². The molecule has 0 radical (unpaired) electrons.